The van der Waals surface area contributed by atoms with Crippen molar-refractivity contribution in [3.63, 3.8) is 0 Å². The Morgan fingerprint density at radius 1 is 1.25 bits per heavy atom. The molecule has 6 heteroatoms. The fourth-order valence-corrected chi connectivity index (χ4v) is 4.79. The average molecular weight is 342 g/mol. The van der Waals surface area contributed by atoms with Crippen LogP contribution < -0.4 is 9.04 Å². The molecule has 1 unspecified atom stereocenters. The smallest absolute Gasteiger partial charge is 0.265 e. The van der Waals surface area contributed by atoms with Crippen LogP contribution in [0.2, 0.25) is 0 Å². The van der Waals surface area contributed by atoms with Gasteiger partial charge >= 0.3 is 0 Å². The van der Waals surface area contributed by atoms with Crippen LogP contribution in [0.25, 0.3) is 0 Å². The lowest BCUT2D eigenvalue weighted by Crippen LogP contribution is -2.39. The number of hydrogen-bond acceptors (Lipinski definition) is 4. The predicted octanol–water partition coefficient (Wildman–Crippen LogP) is 2.95. The molecule has 0 fully saturated rings. The van der Waals surface area contributed by atoms with Crippen LogP contribution in [0.4, 0.5) is 5.69 Å². The molecule has 0 spiro atoms. The summed E-state index contributed by atoms with van der Waals surface area (Å²) in [7, 11) is -2.27. The summed E-state index contributed by atoms with van der Waals surface area (Å²) in [5, 5.41) is 9.26. The van der Waals surface area contributed by atoms with Gasteiger partial charge in [0.1, 0.15) is 16.7 Å². The molecule has 0 saturated carbocycles. The molecule has 24 heavy (non-hydrogen) atoms. The zero-order valence-electron chi connectivity index (χ0n) is 13.6. The van der Waals surface area contributed by atoms with Crippen LogP contribution in [0.3, 0.4) is 0 Å². The van der Waals surface area contributed by atoms with Gasteiger partial charge in [0.05, 0.1) is 18.4 Å². The van der Waals surface area contributed by atoms with Crippen molar-refractivity contribution in [3.05, 3.63) is 53.6 Å². The van der Waals surface area contributed by atoms with Crippen molar-refractivity contribution in [1.29, 1.82) is 5.26 Å². The number of hydrogen-bond donors (Lipinski definition) is 0. The zero-order valence-corrected chi connectivity index (χ0v) is 14.4. The van der Waals surface area contributed by atoms with Crippen molar-refractivity contribution < 1.29 is 13.2 Å². The summed E-state index contributed by atoms with van der Waals surface area (Å²) in [4.78, 5) is 0.0374. The first-order valence-electron chi connectivity index (χ1n) is 7.66. The monoisotopic (exact) mass is 342 g/mol. The highest BCUT2D eigenvalue weighted by Crippen LogP contribution is 2.36. The van der Waals surface area contributed by atoms with Crippen LogP contribution in [-0.2, 0) is 16.4 Å². The van der Waals surface area contributed by atoms with Crippen LogP contribution in [-0.4, -0.2) is 22.1 Å². The molecule has 2 aromatic rings. The van der Waals surface area contributed by atoms with E-state index in [0.29, 0.717) is 18.0 Å². The van der Waals surface area contributed by atoms with E-state index in [9.17, 15) is 13.7 Å². The predicted molar refractivity (Wildman–Crippen MR) is 91.6 cm³/mol. The second-order valence-electron chi connectivity index (χ2n) is 5.95. The molecule has 0 bridgehead atoms. The third-order valence-electron chi connectivity index (χ3n) is 4.18. The van der Waals surface area contributed by atoms with Gasteiger partial charge in [-0.05, 0) is 36.1 Å². The third-order valence-corrected chi connectivity index (χ3v) is 6.02. The first-order valence-corrected chi connectivity index (χ1v) is 9.10. The largest absolute Gasteiger partial charge is 0.497 e. The SMILES string of the molecule is COc1ccc2c(c1)N(S(=O)(=O)c1ccccc1C#N)CC(C)C2. The van der Waals surface area contributed by atoms with E-state index in [1.165, 1.54) is 16.4 Å². The summed E-state index contributed by atoms with van der Waals surface area (Å²) >= 11 is 0. The molecule has 1 aliphatic heterocycles. The average Bonchev–Trinajstić information content (AvgIpc) is 2.60. The standard InChI is InChI=1S/C18H18N2O3S/c1-13-9-14-7-8-16(23-2)10-17(14)20(12-13)24(21,22)18-6-4-3-5-15(18)11-19/h3-8,10,13H,9,12H2,1-2H3. The Bertz CT molecular complexity index is 916. The van der Waals surface area contributed by atoms with Crippen LogP contribution >= 0.6 is 0 Å². The van der Waals surface area contributed by atoms with Crippen molar-refractivity contribution in [2.75, 3.05) is 18.0 Å². The lowest BCUT2D eigenvalue weighted by Gasteiger charge is -2.34. The highest BCUT2D eigenvalue weighted by Gasteiger charge is 2.33. The third kappa shape index (κ3) is 2.72. The molecule has 1 aliphatic rings. The van der Waals surface area contributed by atoms with Crippen LogP contribution in [0.5, 0.6) is 5.75 Å². The molecule has 0 aromatic heterocycles. The van der Waals surface area contributed by atoms with Crippen LogP contribution in [0.15, 0.2) is 47.4 Å². The Morgan fingerprint density at radius 3 is 2.71 bits per heavy atom. The number of benzene rings is 2. The van der Waals surface area contributed by atoms with E-state index in [2.05, 4.69) is 0 Å². The number of sulfonamides is 1. The number of fused-ring (bicyclic) bond motifs is 1. The minimum atomic E-state index is -3.82. The number of nitriles is 1. The molecule has 1 heterocycles. The van der Waals surface area contributed by atoms with Gasteiger partial charge in [-0.2, -0.15) is 5.26 Å². The molecule has 3 rings (SSSR count). The van der Waals surface area contributed by atoms with E-state index in [1.54, 1.807) is 25.3 Å². The van der Waals surface area contributed by atoms with Crippen LogP contribution in [0, 0.1) is 17.2 Å². The highest BCUT2D eigenvalue weighted by molar-refractivity contribution is 7.93. The fraction of sp³-hybridized carbons (Fsp3) is 0.278. The van der Waals surface area contributed by atoms with E-state index in [1.807, 2.05) is 25.1 Å². The summed E-state index contributed by atoms with van der Waals surface area (Å²) in [6.07, 6.45) is 0.811. The highest BCUT2D eigenvalue weighted by atomic mass is 32.2. The number of rotatable bonds is 3. The molecular weight excluding hydrogens is 324 g/mol. The molecule has 0 radical (unpaired) electrons. The van der Waals surface area contributed by atoms with Gasteiger partial charge in [-0.25, -0.2) is 8.42 Å². The number of nitrogens with zero attached hydrogens (tertiary/aromatic N) is 2. The first kappa shape index (κ1) is 16.3. The molecule has 0 saturated heterocycles. The van der Waals surface area contributed by atoms with E-state index >= 15 is 0 Å². The maximum absolute atomic E-state index is 13.2. The van der Waals surface area contributed by atoms with Crippen molar-refractivity contribution in [1.82, 2.24) is 0 Å². The molecule has 1 atom stereocenters. The maximum Gasteiger partial charge on any atom is 0.265 e. The molecule has 0 aliphatic carbocycles. The van der Waals surface area contributed by atoms with Gasteiger partial charge < -0.3 is 4.74 Å². The van der Waals surface area contributed by atoms with E-state index in [4.69, 9.17) is 4.74 Å². The van der Waals surface area contributed by atoms with Crippen molar-refractivity contribution >= 4 is 15.7 Å². The van der Waals surface area contributed by atoms with Gasteiger partial charge in [-0.1, -0.05) is 25.1 Å². The van der Waals surface area contributed by atoms with Crippen molar-refractivity contribution in [2.24, 2.45) is 5.92 Å². The van der Waals surface area contributed by atoms with Gasteiger partial charge in [-0.15, -0.1) is 0 Å². The van der Waals surface area contributed by atoms with Crippen molar-refractivity contribution in [3.8, 4) is 11.8 Å². The molecule has 5 nitrogen and oxygen atoms in total. The minimum Gasteiger partial charge on any atom is -0.497 e. The summed E-state index contributed by atoms with van der Waals surface area (Å²) in [5.74, 6) is 0.798. The fourth-order valence-electron chi connectivity index (χ4n) is 3.03. The maximum atomic E-state index is 13.2. The first-order chi connectivity index (χ1) is 11.5. The molecular formula is C18H18N2O3S. The number of ether oxygens (including phenoxy) is 1. The summed E-state index contributed by atoms with van der Waals surface area (Å²) in [6, 6.07) is 13.7. The number of anilines is 1. The molecule has 0 amide bonds. The van der Waals surface area contributed by atoms with E-state index < -0.39 is 10.0 Å². The Hall–Kier alpha value is -2.52. The normalized spacial score (nSPS) is 17.0. The number of methoxy groups -OCH3 is 1. The topological polar surface area (TPSA) is 70.4 Å². The summed E-state index contributed by atoms with van der Waals surface area (Å²) in [5.41, 5.74) is 1.74. The van der Waals surface area contributed by atoms with Gasteiger partial charge in [0.2, 0.25) is 0 Å². The molecule has 124 valence electrons. The Labute approximate surface area is 142 Å². The second kappa shape index (κ2) is 6.17. The lowest BCUT2D eigenvalue weighted by atomic mass is 9.95. The van der Waals surface area contributed by atoms with Gasteiger partial charge in [0.15, 0.2) is 0 Å². The minimum absolute atomic E-state index is 0.0374. The summed E-state index contributed by atoms with van der Waals surface area (Å²) < 4.78 is 33.1. The second-order valence-corrected chi connectivity index (χ2v) is 7.78. The zero-order chi connectivity index (χ0) is 17.3. The molecule has 2 aromatic carbocycles. The Morgan fingerprint density at radius 2 is 2.00 bits per heavy atom. The van der Waals surface area contributed by atoms with Crippen LogP contribution in [0.1, 0.15) is 18.1 Å². The van der Waals surface area contributed by atoms with Crippen molar-refractivity contribution in [2.45, 2.75) is 18.2 Å². The van der Waals surface area contributed by atoms with Gasteiger partial charge in [-0.3, -0.25) is 4.31 Å². The lowest BCUT2D eigenvalue weighted by molar-refractivity contribution is 0.414. The van der Waals surface area contributed by atoms with E-state index in [-0.39, 0.29) is 16.4 Å². The Balaban J connectivity index is 2.17. The summed E-state index contributed by atoms with van der Waals surface area (Å²) in [6.45, 7) is 2.40. The van der Waals surface area contributed by atoms with Gasteiger partial charge in [0, 0.05) is 12.6 Å². The Kier molecular flexibility index (Phi) is 4.20. The van der Waals surface area contributed by atoms with E-state index in [0.717, 1.165) is 12.0 Å². The molecule has 0 N–H and O–H groups in total. The van der Waals surface area contributed by atoms with Gasteiger partial charge in [0.25, 0.3) is 10.0 Å². The quantitative estimate of drug-likeness (QED) is 0.860.